The van der Waals surface area contributed by atoms with E-state index in [0.29, 0.717) is 23.8 Å². The monoisotopic (exact) mass is 412 g/mol. The largest absolute Gasteiger partial charge is 0.483 e. The molecule has 2 aromatic rings. The Bertz CT molecular complexity index is 866. The lowest BCUT2D eigenvalue weighted by Crippen LogP contribution is -2.49. The van der Waals surface area contributed by atoms with Gasteiger partial charge >= 0.3 is 0 Å². The molecule has 6 heteroatoms. The van der Waals surface area contributed by atoms with Gasteiger partial charge in [0.05, 0.1) is 0 Å². The Morgan fingerprint density at radius 2 is 1.70 bits per heavy atom. The summed E-state index contributed by atoms with van der Waals surface area (Å²) < 4.78 is 11.5. The first-order valence-electron chi connectivity index (χ1n) is 10.4. The molecular formula is C24H32N2O4. The van der Waals surface area contributed by atoms with Crippen molar-refractivity contribution in [2.45, 2.75) is 59.5 Å². The molecule has 2 amide bonds. The van der Waals surface area contributed by atoms with Crippen LogP contribution in [0.15, 0.2) is 42.5 Å². The topological polar surface area (TPSA) is 76.7 Å². The first-order chi connectivity index (χ1) is 14.3. The van der Waals surface area contributed by atoms with E-state index in [-0.39, 0.29) is 6.61 Å². The Hall–Kier alpha value is -3.02. The van der Waals surface area contributed by atoms with Crippen LogP contribution in [0.3, 0.4) is 0 Å². The zero-order valence-electron chi connectivity index (χ0n) is 18.5. The maximum Gasteiger partial charge on any atom is 0.279 e. The smallest absolute Gasteiger partial charge is 0.279 e. The molecule has 0 bridgehead atoms. The third-order valence-corrected chi connectivity index (χ3v) is 5.01. The van der Waals surface area contributed by atoms with Crippen LogP contribution < -0.4 is 20.3 Å². The average molecular weight is 413 g/mol. The van der Waals surface area contributed by atoms with Crippen LogP contribution in [0.25, 0.3) is 0 Å². The number of carbonyl (C=O) groups is 2. The fourth-order valence-corrected chi connectivity index (χ4v) is 3.04. The minimum Gasteiger partial charge on any atom is -0.483 e. The van der Waals surface area contributed by atoms with E-state index in [2.05, 4.69) is 24.7 Å². The number of nitrogens with one attached hydrogen (secondary N) is 2. The average Bonchev–Trinajstić information content (AvgIpc) is 2.74. The Balaban J connectivity index is 1.89. The van der Waals surface area contributed by atoms with Gasteiger partial charge in [0.2, 0.25) is 0 Å². The zero-order valence-corrected chi connectivity index (χ0v) is 18.5. The normalized spacial score (nSPS) is 12.6. The first-order valence-corrected chi connectivity index (χ1v) is 10.4. The van der Waals surface area contributed by atoms with Crippen molar-refractivity contribution < 1.29 is 19.1 Å². The molecule has 0 spiro atoms. The highest BCUT2D eigenvalue weighted by Gasteiger charge is 2.21. The van der Waals surface area contributed by atoms with Crippen molar-refractivity contribution in [2.24, 2.45) is 0 Å². The number of aryl methyl sites for hydroxylation is 2. The molecule has 30 heavy (non-hydrogen) atoms. The Morgan fingerprint density at radius 3 is 2.37 bits per heavy atom. The van der Waals surface area contributed by atoms with Crippen LogP contribution in [-0.2, 0) is 9.59 Å². The summed E-state index contributed by atoms with van der Waals surface area (Å²) in [5, 5.41) is 0. The molecule has 0 aliphatic rings. The van der Waals surface area contributed by atoms with Crippen LogP contribution in [0.1, 0.15) is 56.2 Å². The van der Waals surface area contributed by atoms with Crippen LogP contribution in [0.2, 0.25) is 0 Å². The van der Waals surface area contributed by atoms with E-state index < -0.39 is 17.9 Å². The maximum absolute atomic E-state index is 12.5. The molecular weight excluding hydrogens is 380 g/mol. The third kappa shape index (κ3) is 6.51. The van der Waals surface area contributed by atoms with Crippen LogP contribution in [0.4, 0.5) is 0 Å². The second-order valence-corrected chi connectivity index (χ2v) is 7.46. The Kier molecular flexibility index (Phi) is 8.71. The lowest BCUT2D eigenvalue weighted by atomic mass is 9.98. The van der Waals surface area contributed by atoms with E-state index >= 15 is 0 Å². The summed E-state index contributed by atoms with van der Waals surface area (Å²) >= 11 is 0. The molecule has 2 N–H and O–H groups in total. The van der Waals surface area contributed by atoms with Crippen LogP contribution in [0.5, 0.6) is 11.5 Å². The molecule has 0 aromatic heterocycles. The van der Waals surface area contributed by atoms with Gasteiger partial charge in [-0.2, -0.15) is 0 Å². The van der Waals surface area contributed by atoms with Crippen molar-refractivity contribution in [1.29, 1.82) is 0 Å². The van der Waals surface area contributed by atoms with E-state index in [1.54, 1.807) is 0 Å². The number of ether oxygens (including phenoxy) is 2. The van der Waals surface area contributed by atoms with Gasteiger partial charge in [-0.3, -0.25) is 20.4 Å². The second kappa shape index (κ2) is 11.2. The van der Waals surface area contributed by atoms with Gasteiger partial charge in [0.15, 0.2) is 12.7 Å². The number of hydrogen-bond donors (Lipinski definition) is 2. The Morgan fingerprint density at radius 1 is 0.967 bits per heavy atom. The number of para-hydroxylation sites is 1. The van der Waals surface area contributed by atoms with Gasteiger partial charge in [-0.15, -0.1) is 0 Å². The molecule has 0 radical (unpaired) electrons. The van der Waals surface area contributed by atoms with Gasteiger partial charge in [-0.05, 0) is 55.9 Å². The SMILES string of the molecule is CCC(Oc1ccccc1C(C)CC)C(=O)NNC(=O)COc1ccc(C)cc1C. The predicted molar refractivity (Wildman–Crippen MR) is 118 cm³/mol. The molecule has 2 rings (SSSR count). The number of hydrazine groups is 1. The molecule has 0 saturated heterocycles. The Labute approximate surface area is 178 Å². The van der Waals surface area contributed by atoms with Crippen LogP contribution in [0, 0.1) is 13.8 Å². The van der Waals surface area contributed by atoms with Gasteiger partial charge in [-0.25, -0.2) is 0 Å². The van der Waals surface area contributed by atoms with E-state index in [4.69, 9.17) is 9.47 Å². The molecule has 0 aliphatic carbocycles. The number of benzene rings is 2. The first kappa shape index (κ1) is 23.3. The second-order valence-electron chi connectivity index (χ2n) is 7.46. The van der Waals surface area contributed by atoms with Crippen molar-refractivity contribution in [3.05, 3.63) is 59.2 Å². The van der Waals surface area contributed by atoms with Crippen molar-refractivity contribution >= 4 is 11.8 Å². The highest BCUT2D eigenvalue weighted by atomic mass is 16.5. The minimum absolute atomic E-state index is 0.196. The predicted octanol–water partition coefficient (Wildman–Crippen LogP) is 4.20. The summed E-state index contributed by atoms with van der Waals surface area (Å²) in [6.45, 7) is 9.81. The fourth-order valence-electron chi connectivity index (χ4n) is 3.04. The summed E-state index contributed by atoms with van der Waals surface area (Å²) in [5.41, 5.74) is 7.96. The summed E-state index contributed by atoms with van der Waals surface area (Å²) in [6, 6.07) is 13.5. The van der Waals surface area contributed by atoms with Gasteiger partial charge in [0, 0.05) is 0 Å². The number of carbonyl (C=O) groups excluding carboxylic acids is 2. The molecule has 6 nitrogen and oxygen atoms in total. The molecule has 0 heterocycles. The van der Waals surface area contributed by atoms with Gasteiger partial charge < -0.3 is 9.47 Å². The third-order valence-electron chi connectivity index (χ3n) is 5.01. The number of rotatable bonds is 9. The molecule has 2 unspecified atom stereocenters. The molecule has 2 aromatic carbocycles. The highest BCUT2D eigenvalue weighted by Crippen LogP contribution is 2.29. The summed E-state index contributed by atoms with van der Waals surface area (Å²) in [5.74, 6) is 0.801. The molecule has 162 valence electrons. The number of amides is 2. The number of hydrogen-bond acceptors (Lipinski definition) is 4. The molecule has 2 atom stereocenters. The molecule has 0 saturated carbocycles. The van der Waals surface area contributed by atoms with Crippen molar-refractivity contribution in [3.63, 3.8) is 0 Å². The summed E-state index contributed by atoms with van der Waals surface area (Å²) in [7, 11) is 0. The van der Waals surface area contributed by atoms with Crippen LogP contribution >= 0.6 is 0 Å². The summed E-state index contributed by atoms with van der Waals surface area (Å²) in [6.07, 6.45) is 0.728. The van der Waals surface area contributed by atoms with Crippen molar-refractivity contribution in [2.75, 3.05) is 6.61 Å². The van der Waals surface area contributed by atoms with E-state index in [1.165, 1.54) is 0 Å². The van der Waals surface area contributed by atoms with E-state index in [0.717, 1.165) is 23.1 Å². The fraction of sp³-hybridized carbons (Fsp3) is 0.417. The quantitative estimate of drug-likeness (QED) is 0.605. The molecule has 0 aliphatic heterocycles. The van der Waals surface area contributed by atoms with Gasteiger partial charge in [0.1, 0.15) is 11.5 Å². The standard InChI is InChI=1S/C24H32N2O4/c1-6-17(4)19-10-8-9-11-22(19)30-20(7-2)24(28)26-25-23(27)15-29-21-13-12-16(3)14-18(21)5/h8-14,17,20H,6-7,15H2,1-5H3,(H,25,27)(H,26,28). The highest BCUT2D eigenvalue weighted by molar-refractivity contribution is 5.85. The van der Waals surface area contributed by atoms with Crippen LogP contribution in [-0.4, -0.2) is 24.5 Å². The van der Waals surface area contributed by atoms with E-state index in [9.17, 15) is 9.59 Å². The zero-order chi connectivity index (χ0) is 22.1. The van der Waals surface area contributed by atoms with Gasteiger partial charge in [-0.1, -0.05) is 56.7 Å². The van der Waals surface area contributed by atoms with Crippen molar-refractivity contribution in [1.82, 2.24) is 10.9 Å². The van der Waals surface area contributed by atoms with E-state index in [1.807, 2.05) is 63.2 Å². The lowest BCUT2D eigenvalue weighted by molar-refractivity contribution is -0.134. The summed E-state index contributed by atoms with van der Waals surface area (Å²) in [4.78, 5) is 24.6. The maximum atomic E-state index is 12.5. The lowest BCUT2D eigenvalue weighted by Gasteiger charge is -2.21. The van der Waals surface area contributed by atoms with Gasteiger partial charge in [0.25, 0.3) is 11.8 Å². The molecule has 0 fully saturated rings. The van der Waals surface area contributed by atoms with Crippen molar-refractivity contribution in [3.8, 4) is 11.5 Å². The minimum atomic E-state index is -0.712.